The van der Waals surface area contributed by atoms with E-state index >= 15 is 0 Å². The van der Waals surface area contributed by atoms with Gasteiger partial charge in [0.1, 0.15) is 0 Å². The number of nitrogens with one attached hydrogen (secondary N) is 1. The van der Waals surface area contributed by atoms with Crippen molar-refractivity contribution in [1.29, 1.82) is 0 Å². The van der Waals surface area contributed by atoms with Gasteiger partial charge in [-0.15, -0.1) is 0 Å². The van der Waals surface area contributed by atoms with Gasteiger partial charge in [-0.25, -0.2) is 0 Å². The molecule has 4 aliphatic carbocycles. The molecule has 1 nitrogen and oxygen atoms in total. The minimum absolute atomic E-state index is 0.645. The van der Waals surface area contributed by atoms with Gasteiger partial charge in [0.2, 0.25) is 0 Å². The lowest BCUT2D eigenvalue weighted by Gasteiger charge is -2.59. The molecule has 0 aromatic carbocycles. The minimum Gasteiger partial charge on any atom is -0.314 e. The second-order valence-corrected chi connectivity index (χ2v) is 7.74. The highest BCUT2D eigenvalue weighted by atomic mass is 14.9. The molecule has 17 heavy (non-hydrogen) atoms. The first-order valence-corrected chi connectivity index (χ1v) is 7.81. The van der Waals surface area contributed by atoms with Crippen LogP contribution in [-0.2, 0) is 0 Å². The van der Waals surface area contributed by atoms with Crippen molar-refractivity contribution in [3.63, 3.8) is 0 Å². The molecule has 0 spiro atoms. The fraction of sp³-hybridized carbons (Fsp3) is 1.00. The van der Waals surface area contributed by atoms with E-state index in [0.717, 1.165) is 29.1 Å². The summed E-state index contributed by atoms with van der Waals surface area (Å²) in [5.41, 5.74) is 0.733. The van der Waals surface area contributed by atoms with Gasteiger partial charge in [0.15, 0.2) is 0 Å². The summed E-state index contributed by atoms with van der Waals surface area (Å²) in [6.45, 7) is 8.30. The van der Waals surface area contributed by atoms with Crippen LogP contribution in [0.25, 0.3) is 0 Å². The Balaban J connectivity index is 1.68. The molecular formula is C16H29N. The van der Waals surface area contributed by atoms with Crippen LogP contribution < -0.4 is 5.32 Å². The summed E-state index contributed by atoms with van der Waals surface area (Å²) in [5.74, 6) is 4.19. The van der Waals surface area contributed by atoms with Crippen molar-refractivity contribution < 1.29 is 0 Å². The summed E-state index contributed by atoms with van der Waals surface area (Å²) >= 11 is 0. The van der Waals surface area contributed by atoms with E-state index < -0.39 is 0 Å². The standard InChI is InChI=1S/C16H29N/c1-11(2)17-10-12(3)16-7-13-4-14(8-16)6-15(5-13)9-16/h11-15,17H,4-10H2,1-3H3. The predicted molar refractivity (Wildman–Crippen MR) is 72.9 cm³/mol. The molecule has 0 aliphatic heterocycles. The molecule has 1 N–H and O–H groups in total. The van der Waals surface area contributed by atoms with Crippen LogP contribution in [0, 0.1) is 29.1 Å². The lowest BCUT2D eigenvalue weighted by Crippen LogP contribution is -2.51. The average molecular weight is 235 g/mol. The minimum atomic E-state index is 0.645. The van der Waals surface area contributed by atoms with Crippen molar-refractivity contribution in [1.82, 2.24) is 5.32 Å². The van der Waals surface area contributed by atoms with E-state index in [4.69, 9.17) is 0 Å². The largest absolute Gasteiger partial charge is 0.314 e. The van der Waals surface area contributed by atoms with Crippen LogP contribution in [0.2, 0.25) is 0 Å². The van der Waals surface area contributed by atoms with Gasteiger partial charge in [-0.05, 0) is 74.2 Å². The maximum absolute atomic E-state index is 3.67. The van der Waals surface area contributed by atoms with Crippen molar-refractivity contribution in [3.8, 4) is 0 Å². The van der Waals surface area contributed by atoms with E-state index in [9.17, 15) is 0 Å². The third-order valence-corrected chi connectivity index (χ3v) is 5.96. The summed E-state index contributed by atoms with van der Waals surface area (Å²) in [6.07, 6.45) is 9.39. The monoisotopic (exact) mass is 235 g/mol. The third kappa shape index (κ3) is 2.16. The van der Waals surface area contributed by atoms with Gasteiger partial charge in [0.05, 0.1) is 0 Å². The molecule has 4 rings (SSSR count). The Hall–Kier alpha value is -0.0400. The lowest BCUT2D eigenvalue weighted by atomic mass is 9.46. The lowest BCUT2D eigenvalue weighted by molar-refractivity contribution is -0.0827. The third-order valence-electron chi connectivity index (χ3n) is 5.96. The smallest absolute Gasteiger partial charge is 0.00104 e. The van der Waals surface area contributed by atoms with Crippen LogP contribution >= 0.6 is 0 Å². The quantitative estimate of drug-likeness (QED) is 0.781. The van der Waals surface area contributed by atoms with Crippen molar-refractivity contribution in [2.45, 2.75) is 65.3 Å². The van der Waals surface area contributed by atoms with Gasteiger partial charge in [-0.3, -0.25) is 0 Å². The van der Waals surface area contributed by atoms with Crippen LogP contribution in [0.15, 0.2) is 0 Å². The number of hydrogen-bond donors (Lipinski definition) is 1. The predicted octanol–water partition coefficient (Wildman–Crippen LogP) is 3.84. The van der Waals surface area contributed by atoms with Crippen LogP contribution in [0.4, 0.5) is 0 Å². The Kier molecular flexibility index (Phi) is 3.01. The van der Waals surface area contributed by atoms with Crippen molar-refractivity contribution >= 4 is 0 Å². The Labute approximate surface area is 107 Å². The van der Waals surface area contributed by atoms with E-state index in [1.807, 2.05) is 0 Å². The summed E-state index contributed by atoms with van der Waals surface area (Å²) in [4.78, 5) is 0. The highest BCUT2D eigenvalue weighted by Crippen LogP contribution is 2.62. The molecule has 0 heterocycles. The van der Waals surface area contributed by atoms with Crippen molar-refractivity contribution in [3.05, 3.63) is 0 Å². The van der Waals surface area contributed by atoms with Crippen LogP contribution in [-0.4, -0.2) is 12.6 Å². The molecule has 4 fully saturated rings. The zero-order valence-corrected chi connectivity index (χ0v) is 11.8. The van der Waals surface area contributed by atoms with Gasteiger partial charge in [-0.2, -0.15) is 0 Å². The molecule has 1 atom stereocenters. The highest BCUT2D eigenvalue weighted by Gasteiger charge is 2.52. The van der Waals surface area contributed by atoms with E-state index in [-0.39, 0.29) is 0 Å². The Morgan fingerprint density at radius 1 is 0.941 bits per heavy atom. The first-order chi connectivity index (χ1) is 8.07. The van der Waals surface area contributed by atoms with Gasteiger partial charge >= 0.3 is 0 Å². The normalized spacial score (nSPS) is 45.5. The first-order valence-electron chi connectivity index (χ1n) is 7.81. The van der Waals surface area contributed by atoms with Gasteiger partial charge in [-0.1, -0.05) is 20.8 Å². The van der Waals surface area contributed by atoms with E-state index in [0.29, 0.717) is 6.04 Å². The van der Waals surface area contributed by atoms with E-state index in [1.165, 1.54) is 6.54 Å². The second-order valence-electron chi connectivity index (χ2n) is 7.74. The molecule has 0 radical (unpaired) electrons. The van der Waals surface area contributed by atoms with Crippen LogP contribution in [0.5, 0.6) is 0 Å². The fourth-order valence-corrected chi connectivity index (χ4v) is 5.41. The van der Waals surface area contributed by atoms with E-state index in [2.05, 4.69) is 26.1 Å². The molecule has 4 saturated carbocycles. The van der Waals surface area contributed by atoms with Gasteiger partial charge in [0, 0.05) is 6.04 Å². The SMILES string of the molecule is CC(C)NCC(C)C12CC3CC(CC(C3)C1)C2. The molecule has 4 bridgehead atoms. The van der Waals surface area contributed by atoms with Crippen LogP contribution in [0.3, 0.4) is 0 Å². The number of rotatable bonds is 4. The molecule has 0 amide bonds. The zero-order chi connectivity index (χ0) is 12.0. The van der Waals surface area contributed by atoms with Gasteiger partial charge in [0.25, 0.3) is 0 Å². The summed E-state index contributed by atoms with van der Waals surface area (Å²) in [5, 5.41) is 3.67. The number of hydrogen-bond acceptors (Lipinski definition) is 1. The van der Waals surface area contributed by atoms with Crippen LogP contribution in [0.1, 0.15) is 59.3 Å². The molecule has 4 aliphatic rings. The van der Waals surface area contributed by atoms with E-state index in [1.54, 1.807) is 38.5 Å². The zero-order valence-electron chi connectivity index (χ0n) is 11.8. The molecular weight excluding hydrogens is 206 g/mol. The average Bonchev–Trinajstić information content (AvgIpc) is 2.23. The molecule has 0 saturated heterocycles. The Morgan fingerprint density at radius 3 is 1.82 bits per heavy atom. The van der Waals surface area contributed by atoms with Gasteiger partial charge < -0.3 is 5.32 Å². The fourth-order valence-electron chi connectivity index (χ4n) is 5.41. The summed E-state index contributed by atoms with van der Waals surface area (Å²) < 4.78 is 0. The topological polar surface area (TPSA) is 12.0 Å². The highest BCUT2D eigenvalue weighted by molar-refractivity contribution is 5.03. The van der Waals surface area contributed by atoms with Crippen molar-refractivity contribution in [2.24, 2.45) is 29.1 Å². The molecule has 98 valence electrons. The molecule has 1 unspecified atom stereocenters. The molecule has 1 heteroatoms. The molecule has 0 aromatic rings. The Morgan fingerprint density at radius 2 is 1.41 bits per heavy atom. The molecule has 0 aromatic heterocycles. The summed E-state index contributed by atoms with van der Waals surface area (Å²) in [6, 6.07) is 0.645. The second kappa shape index (κ2) is 4.26. The first kappa shape index (κ1) is 12.0. The Bertz CT molecular complexity index is 246. The maximum atomic E-state index is 3.67. The summed E-state index contributed by atoms with van der Waals surface area (Å²) in [7, 11) is 0. The maximum Gasteiger partial charge on any atom is 0.00104 e. The van der Waals surface area contributed by atoms with Crippen molar-refractivity contribution in [2.75, 3.05) is 6.54 Å².